The van der Waals surface area contributed by atoms with Gasteiger partial charge < -0.3 is 14.6 Å². The molecule has 110 valence electrons. The molecule has 0 saturated carbocycles. The summed E-state index contributed by atoms with van der Waals surface area (Å²) < 4.78 is 40.0. The number of methoxy groups -OCH3 is 1. The van der Waals surface area contributed by atoms with Crippen molar-refractivity contribution in [2.24, 2.45) is 0 Å². The fourth-order valence-electron chi connectivity index (χ4n) is 2.13. The fraction of sp³-hybridized carbons (Fsp3) is 0.214. The molecule has 0 fully saturated rings. The zero-order valence-electron chi connectivity index (χ0n) is 10.8. The smallest absolute Gasteiger partial charge is 0.323 e. The fourth-order valence-corrected chi connectivity index (χ4v) is 2.47. The highest BCUT2D eigenvalue weighted by Gasteiger charge is 2.48. The maximum absolute atomic E-state index is 14.5. The molecule has 0 radical (unpaired) electrons. The Morgan fingerprint density at radius 2 is 2.05 bits per heavy atom. The SMILES string of the molecule is COc1ccc2c(n1)C(F)(F)C(O)c1ccc(Br)cc1O2. The second-order valence-corrected chi connectivity index (χ2v) is 5.43. The van der Waals surface area contributed by atoms with Crippen LogP contribution >= 0.6 is 15.9 Å². The number of aliphatic hydroxyl groups excluding tert-OH is 1. The molecule has 1 aliphatic heterocycles. The zero-order valence-corrected chi connectivity index (χ0v) is 12.4. The summed E-state index contributed by atoms with van der Waals surface area (Å²) in [6.07, 6.45) is -2.05. The third kappa shape index (κ3) is 2.26. The van der Waals surface area contributed by atoms with E-state index in [1.807, 2.05) is 0 Å². The number of benzene rings is 1. The van der Waals surface area contributed by atoms with Crippen LogP contribution in [-0.4, -0.2) is 17.2 Å². The lowest BCUT2D eigenvalue weighted by atomic mass is 10.0. The molecule has 0 bridgehead atoms. The Balaban J connectivity index is 2.24. The van der Waals surface area contributed by atoms with Gasteiger partial charge in [-0.05, 0) is 18.2 Å². The van der Waals surface area contributed by atoms with Gasteiger partial charge in [-0.3, -0.25) is 0 Å². The third-order valence-electron chi connectivity index (χ3n) is 3.19. The summed E-state index contributed by atoms with van der Waals surface area (Å²) in [5.74, 6) is -3.53. The van der Waals surface area contributed by atoms with Gasteiger partial charge in [0.15, 0.2) is 17.5 Å². The molecule has 21 heavy (non-hydrogen) atoms. The average molecular weight is 358 g/mol. The zero-order chi connectivity index (χ0) is 15.2. The van der Waals surface area contributed by atoms with Crippen molar-refractivity contribution in [1.82, 2.24) is 4.98 Å². The number of hydrogen-bond donors (Lipinski definition) is 1. The Morgan fingerprint density at radius 1 is 1.29 bits per heavy atom. The largest absolute Gasteiger partial charge is 0.481 e. The highest BCUT2D eigenvalue weighted by molar-refractivity contribution is 9.10. The highest BCUT2D eigenvalue weighted by atomic mass is 79.9. The highest BCUT2D eigenvalue weighted by Crippen LogP contribution is 2.50. The van der Waals surface area contributed by atoms with Crippen LogP contribution in [0.5, 0.6) is 17.4 Å². The minimum Gasteiger partial charge on any atom is -0.481 e. The Kier molecular flexibility index (Phi) is 3.33. The predicted molar refractivity (Wildman–Crippen MR) is 73.9 cm³/mol. The Labute approximate surface area is 127 Å². The topological polar surface area (TPSA) is 51.6 Å². The third-order valence-corrected chi connectivity index (χ3v) is 3.68. The van der Waals surface area contributed by atoms with Crippen molar-refractivity contribution < 1.29 is 23.4 Å². The number of ether oxygens (including phenoxy) is 2. The van der Waals surface area contributed by atoms with E-state index < -0.39 is 17.7 Å². The maximum Gasteiger partial charge on any atom is 0.323 e. The van der Waals surface area contributed by atoms with Crippen molar-refractivity contribution >= 4 is 15.9 Å². The number of hydrogen-bond acceptors (Lipinski definition) is 4. The van der Waals surface area contributed by atoms with Gasteiger partial charge in [0.1, 0.15) is 5.75 Å². The van der Waals surface area contributed by atoms with Crippen LogP contribution in [0.1, 0.15) is 17.4 Å². The summed E-state index contributed by atoms with van der Waals surface area (Å²) in [7, 11) is 1.33. The van der Waals surface area contributed by atoms with Crippen LogP contribution in [0.4, 0.5) is 8.78 Å². The number of nitrogens with zero attached hydrogens (tertiary/aromatic N) is 1. The number of fused-ring (bicyclic) bond motifs is 2. The maximum atomic E-state index is 14.5. The van der Waals surface area contributed by atoms with Crippen molar-refractivity contribution in [3.63, 3.8) is 0 Å². The molecular weight excluding hydrogens is 348 g/mol. The summed E-state index contributed by atoms with van der Waals surface area (Å²) in [6.45, 7) is 0. The van der Waals surface area contributed by atoms with Crippen LogP contribution in [0, 0.1) is 0 Å². The average Bonchev–Trinajstić information content (AvgIpc) is 2.53. The van der Waals surface area contributed by atoms with E-state index in [-0.39, 0.29) is 22.9 Å². The van der Waals surface area contributed by atoms with E-state index in [1.165, 1.54) is 31.4 Å². The van der Waals surface area contributed by atoms with Gasteiger partial charge in [-0.1, -0.05) is 22.0 Å². The minimum atomic E-state index is -3.59. The van der Waals surface area contributed by atoms with E-state index in [1.54, 1.807) is 6.07 Å². The number of pyridine rings is 1. The second kappa shape index (κ2) is 4.92. The standard InChI is InChI=1S/C14H10BrF2NO3/c1-20-11-5-4-9-12(18-11)14(16,17)13(19)8-3-2-7(15)6-10(8)21-9/h2-6,13,19H,1H3. The molecular formula is C14H10BrF2NO3. The van der Waals surface area contributed by atoms with Crippen molar-refractivity contribution in [3.05, 3.63) is 46.1 Å². The molecule has 1 atom stereocenters. The first-order valence-electron chi connectivity index (χ1n) is 6.02. The van der Waals surface area contributed by atoms with Gasteiger partial charge in [-0.2, -0.15) is 8.78 Å². The first kappa shape index (κ1) is 14.2. The number of aromatic nitrogens is 1. The van der Waals surface area contributed by atoms with Crippen LogP contribution in [0.2, 0.25) is 0 Å². The molecule has 1 aromatic heterocycles. The molecule has 0 spiro atoms. The van der Waals surface area contributed by atoms with E-state index in [2.05, 4.69) is 20.9 Å². The molecule has 0 aliphatic carbocycles. The van der Waals surface area contributed by atoms with E-state index in [0.29, 0.717) is 4.47 Å². The lowest BCUT2D eigenvalue weighted by molar-refractivity contribution is -0.120. The normalized spacial score (nSPS) is 19.0. The molecule has 4 nitrogen and oxygen atoms in total. The quantitative estimate of drug-likeness (QED) is 0.843. The lowest BCUT2D eigenvalue weighted by Crippen LogP contribution is -2.24. The second-order valence-electron chi connectivity index (χ2n) is 4.51. The number of halogens is 3. The number of aliphatic hydroxyl groups is 1. The van der Waals surface area contributed by atoms with Crippen LogP contribution in [0.25, 0.3) is 0 Å². The first-order valence-corrected chi connectivity index (χ1v) is 6.81. The van der Waals surface area contributed by atoms with Crippen molar-refractivity contribution in [1.29, 1.82) is 0 Å². The summed E-state index contributed by atoms with van der Waals surface area (Å²) >= 11 is 3.24. The summed E-state index contributed by atoms with van der Waals surface area (Å²) in [6, 6.07) is 7.24. The Bertz CT molecular complexity index is 709. The molecule has 2 aromatic rings. The molecule has 0 saturated heterocycles. The Morgan fingerprint density at radius 3 is 2.76 bits per heavy atom. The van der Waals surface area contributed by atoms with Crippen molar-refractivity contribution in [2.75, 3.05) is 7.11 Å². The van der Waals surface area contributed by atoms with Gasteiger partial charge in [0.05, 0.1) is 7.11 Å². The summed E-state index contributed by atoms with van der Waals surface area (Å²) in [5.41, 5.74) is -0.651. The monoisotopic (exact) mass is 357 g/mol. The van der Waals surface area contributed by atoms with E-state index >= 15 is 0 Å². The van der Waals surface area contributed by atoms with Gasteiger partial charge in [0.2, 0.25) is 5.88 Å². The van der Waals surface area contributed by atoms with Gasteiger partial charge in [0.25, 0.3) is 0 Å². The molecule has 0 amide bonds. The van der Waals surface area contributed by atoms with E-state index in [4.69, 9.17) is 9.47 Å². The van der Waals surface area contributed by atoms with Crippen LogP contribution in [0.3, 0.4) is 0 Å². The van der Waals surface area contributed by atoms with Gasteiger partial charge in [-0.15, -0.1) is 0 Å². The van der Waals surface area contributed by atoms with Crippen molar-refractivity contribution in [3.8, 4) is 17.4 Å². The molecule has 7 heteroatoms. The van der Waals surface area contributed by atoms with Gasteiger partial charge in [0, 0.05) is 16.1 Å². The lowest BCUT2D eigenvalue weighted by Gasteiger charge is -2.20. The van der Waals surface area contributed by atoms with Gasteiger partial charge in [-0.25, -0.2) is 4.98 Å². The minimum absolute atomic E-state index is 0.000154. The molecule has 1 aliphatic rings. The van der Waals surface area contributed by atoms with E-state index in [9.17, 15) is 13.9 Å². The van der Waals surface area contributed by atoms with Crippen LogP contribution in [-0.2, 0) is 5.92 Å². The number of rotatable bonds is 1. The molecule has 1 unspecified atom stereocenters. The molecule has 3 rings (SSSR count). The summed E-state index contributed by atoms with van der Waals surface area (Å²) in [5, 5.41) is 10.0. The molecule has 2 heterocycles. The Hall–Kier alpha value is -1.73. The summed E-state index contributed by atoms with van der Waals surface area (Å²) in [4.78, 5) is 3.73. The molecule has 1 aromatic carbocycles. The van der Waals surface area contributed by atoms with Crippen LogP contribution in [0.15, 0.2) is 34.8 Å². The van der Waals surface area contributed by atoms with E-state index in [0.717, 1.165) is 0 Å². The van der Waals surface area contributed by atoms with Crippen molar-refractivity contribution in [2.45, 2.75) is 12.0 Å². The van der Waals surface area contributed by atoms with Gasteiger partial charge >= 0.3 is 5.92 Å². The number of alkyl halides is 2. The van der Waals surface area contributed by atoms with Crippen LogP contribution < -0.4 is 9.47 Å². The first-order chi connectivity index (χ1) is 9.93. The molecule has 1 N–H and O–H groups in total. The predicted octanol–water partition coefficient (Wildman–Crippen LogP) is 3.78.